The van der Waals surface area contributed by atoms with Gasteiger partial charge in [0.05, 0.1) is 4.88 Å². The SMILES string of the molecule is CC(=O)c1sccc1-c1c(C2=CCC(C)(C3(CN)CC3)C=C2)c(O)cc(C)c1C(C)C. The van der Waals surface area contributed by atoms with Crippen LogP contribution in [-0.4, -0.2) is 17.4 Å². The number of ketones is 1. The Labute approximate surface area is 189 Å². The smallest absolute Gasteiger partial charge is 0.170 e. The Morgan fingerprint density at radius 1 is 1.29 bits per heavy atom. The molecule has 4 rings (SSSR count). The lowest BCUT2D eigenvalue weighted by Crippen LogP contribution is -2.34. The Hall–Kier alpha value is -2.17. The number of rotatable bonds is 6. The van der Waals surface area contributed by atoms with Gasteiger partial charge >= 0.3 is 0 Å². The summed E-state index contributed by atoms with van der Waals surface area (Å²) in [6, 6.07) is 3.90. The fourth-order valence-corrected chi connectivity index (χ4v) is 6.18. The average Bonchev–Trinajstić information content (AvgIpc) is 3.37. The molecule has 0 spiro atoms. The van der Waals surface area contributed by atoms with Crippen molar-refractivity contribution in [2.75, 3.05) is 6.54 Å². The van der Waals surface area contributed by atoms with Crippen LogP contribution in [0.4, 0.5) is 0 Å². The topological polar surface area (TPSA) is 63.3 Å². The van der Waals surface area contributed by atoms with Gasteiger partial charge in [0.25, 0.3) is 0 Å². The lowest BCUT2D eigenvalue weighted by Gasteiger charge is -2.37. The van der Waals surface area contributed by atoms with Crippen LogP contribution in [0.25, 0.3) is 16.7 Å². The highest BCUT2D eigenvalue weighted by Gasteiger charge is 2.54. The van der Waals surface area contributed by atoms with Crippen molar-refractivity contribution in [2.24, 2.45) is 16.6 Å². The van der Waals surface area contributed by atoms with Crippen LogP contribution >= 0.6 is 11.3 Å². The second-order valence-electron chi connectivity index (χ2n) is 9.85. The number of benzene rings is 1. The lowest BCUT2D eigenvalue weighted by molar-refractivity contribution is 0.102. The molecule has 3 nitrogen and oxygen atoms in total. The highest BCUT2D eigenvalue weighted by Crippen LogP contribution is 2.61. The number of carbonyl (C=O) groups is 1. The second-order valence-corrected chi connectivity index (χ2v) is 10.8. The number of aromatic hydroxyl groups is 1. The zero-order valence-electron chi connectivity index (χ0n) is 19.2. The van der Waals surface area contributed by atoms with Crippen molar-refractivity contribution in [1.82, 2.24) is 0 Å². The predicted molar refractivity (Wildman–Crippen MR) is 131 cm³/mol. The molecule has 1 atom stereocenters. The van der Waals surface area contributed by atoms with Gasteiger partial charge in [0.2, 0.25) is 0 Å². The van der Waals surface area contributed by atoms with Gasteiger partial charge in [-0.15, -0.1) is 11.3 Å². The number of hydrogen-bond acceptors (Lipinski definition) is 4. The number of thiophene rings is 1. The standard InChI is InChI=1S/C27H33NO2S/c1-16(2)22-17(3)14-21(30)23(24(22)20-8-13-31-25(20)18(4)29)19-6-9-26(5,10-7-19)27(15-28)11-12-27/h6-9,13-14,16,30H,10-12,15,28H2,1-5H3. The molecule has 1 saturated carbocycles. The van der Waals surface area contributed by atoms with E-state index >= 15 is 0 Å². The molecule has 1 aromatic carbocycles. The summed E-state index contributed by atoms with van der Waals surface area (Å²) in [6.45, 7) is 11.0. The van der Waals surface area contributed by atoms with Crippen LogP contribution in [0.15, 0.2) is 35.7 Å². The largest absolute Gasteiger partial charge is 0.507 e. The summed E-state index contributed by atoms with van der Waals surface area (Å²) in [7, 11) is 0. The Morgan fingerprint density at radius 3 is 2.52 bits per heavy atom. The van der Waals surface area contributed by atoms with Crippen LogP contribution in [0.1, 0.15) is 79.2 Å². The molecule has 3 N–H and O–H groups in total. The van der Waals surface area contributed by atoms with Crippen LogP contribution < -0.4 is 5.73 Å². The number of carbonyl (C=O) groups excluding carboxylic acids is 1. The normalized spacial score (nSPS) is 22.0. The molecule has 0 bridgehead atoms. The summed E-state index contributed by atoms with van der Waals surface area (Å²) in [4.78, 5) is 13.1. The fourth-order valence-electron chi connectivity index (χ4n) is 5.38. The molecule has 2 aromatic rings. The molecular weight excluding hydrogens is 402 g/mol. The van der Waals surface area contributed by atoms with Crippen LogP contribution in [0.5, 0.6) is 5.75 Å². The summed E-state index contributed by atoms with van der Waals surface area (Å²) in [5, 5.41) is 13.1. The summed E-state index contributed by atoms with van der Waals surface area (Å²) in [5.74, 6) is 0.600. The minimum absolute atomic E-state index is 0.0551. The van der Waals surface area contributed by atoms with Gasteiger partial charge < -0.3 is 10.8 Å². The molecule has 1 unspecified atom stereocenters. The van der Waals surface area contributed by atoms with Crippen LogP contribution in [0.3, 0.4) is 0 Å². The van der Waals surface area contributed by atoms with E-state index in [2.05, 4.69) is 39.0 Å². The van der Waals surface area contributed by atoms with Gasteiger partial charge in [0.15, 0.2) is 5.78 Å². The molecule has 1 heterocycles. The maximum atomic E-state index is 12.4. The van der Waals surface area contributed by atoms with Crippen molar-refractivity contribution >= 4 is 22.7 Å². The van der Waals surface area contributed by atoms with E-state index < -0.39 is 0 Å². The van der Waals surface area contributed by atoms with Crippen LogP contribution in [0.2, 0.25) is 0 Å². The first-order valence-electron chi connectivity index (χ1n) is 11.2. The highest BCUT2D eigenvalue weighted by atomic mass is 32.1. The molecule has 4 heteroatoms. The number of phenols is 1. The van der Waals surface area contributed by atoms with E-state index in [0.717, 1.165) is 39.1 Å². The van der Waals surface area contributed by atoms with Crippen molar-refractivity contribution in [3.05, 3.63) is 57.3 Å². The van der Waals surface area contributed by atoms with Crippen molar-refractivity contribution < 1.29 is 9.90 Å². The third-order valence-corrected chi connectivity index (χ3v) is 8.52. The monoisotopic (exact) mass is 435 g/mol. The van der Waals surface area contributed by atoms with Gasteiger partial charge in [0, 0.05) is 11.1 Å². The number of aryl methyl sites for hydroxylation is 1. The second kappa shape index (κ2) is 7.75. The molecule has 2 aliphatic rings. The maximum Gasteiger partial charge on any atom is 0.170 e. The first kappa shape index (κ1) is 22.0. The number of allylic oxidation sites excluding steroid dienone is 4. The van der Waals surface area contributed by atoms with Crippen molar-refractivity contribution in [3.63, 3.8) is 0 Å². The Kier molecular flexibility index (Phi) is 5.51. The van der Waals surface area contributed by atoms with E-state index in [9.17, 15) is 9.90 Å². The maximum absolute atomic E-state index is 12.4. The molecule has 0 radical (unpaired) electrons. The molecule has 0 saturated heterocycles. The summed E-state index contributed by atoms with van der Waals surface area (Å²) < 4.78 is 0. The Morgan fingerprint density at radius 2 is 2.00 bits per heavy atom. The number of hydrogen-bond donors (Lipinski definition) is 2. The first-order chi connectivity index (χ1) is 14.6. The molecule has 2 aliphatic carbocycles. The summed E-state index contributed by atoms with van der Waals surface area (Å²) in [6.07, 6.45) is 10.00. The minimum atomic E-state index is 0.0551. The van der Waals surface area contributed by atoms with Gasteiger partial charge in [-0.05, 0) is 96.2 Å². The molecule has 0 amide bonds. The van der Waals surface area contributed by atoms with E-state index in [1.807, 2.05) is 24.4 Å². The molecule has 164 valence electrons. The van der Waals surface area contributed by atoms with E-state index in [1.165, 1.54) is 29.7 Å². The minimum Gasteiger partial charge on any atom is -0.507 e. The molecule has 1 fully saturated rings. The van der Waals surface area contributed by atoms with E-state index in [-0.39, 0.29) is 28.3 Å². The quantitative estimate of drug-likeness (QED) is 0.488. The highest BCUT2D eigenvalue weighted by molar-refractivity contribution is 7.12. The molecule has 31 heavy (non-hydrogen) atoms. The van der Waals surface area contributed by atoms with Crippen molar-refractivity contribution in [1.29, 1.82) is 0 Å². The molecule has 0 aliphatic heterocycles. The van der Waals surface area contributed by atoms with Crippen LogP contribution in [0, 0.1) is 17.8 Å². The average molecular weight is 436 g/mol. The fraction of sp³-hybridized carbons (Fsp3) is 0.444. The molecule has 1 aromatic heterocycles. The lowest BCUT2D eigenvalue weighted by atomic mass is 9.68. The predicted octanol–water partition coefficient (Wildman–Crippen LogP) is 6.84. The number of Topliss-reactive ketones (excluding diaryl/α,β-unsaturated/α-hetero) is 1. The number of phenolic OH excluding ortho intramolecular Hbond substituents is 1. The van der Waals surface area contributed by atoms with Gasteiger partial charge in [-0.2, -0.15) is 0 Å². The van der Waals surface area contributed by atoms with E-state index in [1.54, 1.807) is 6.92 Å². The van der Waals surface area contributed by atoms with E-state index in [0.29, 0.717) is 6.54 Å². The Balaban J connectivity index is 1.91. The Bertz CT molecular complexity index is 1100. The van der Waals surface area contributed by atoms with Crippen molar-refractivity contribution in [2.45, 2.75) is 59.8 Å². The van der Waals surface area contributed by atoms with Gasteiger partial charge in [-0.25, -0.2) is 0 Å². The number of nitrogens with two attached hydrogens (primary N) is 1. The molecular formula is C27H33NO2S. The van der Waals surface area contributed by atoms with Gasteiger partial charge in [0.1, 0.15) is 5.75 Å². The van der Waals surface area contributed by atoms with Crippen molar-refractivity contribution in [3.8, 4) is 16.9 Å². The first-order valence-corrected chi connectivity index (χ1v) is 12.1. The van der Waals surface area contributed by atoms with Gasteiger partial charge in [-0.3, -0.25) is 4.79 Å². The third-order valence-electron chi connectivity index (χ3n) is 7.51. The zero-order chi connectivity index (χ0) is 22.6. The van der Waals surface area contributed by atoms with E-state index in [4.69, 9.17) is 5.73 Å². The summed E-state index contributed by atoms with van der Waals surface area (Å²) >= 11 is 1.47. The van der Waals surface area contributed by atoms with Crippen LogP contribution in [-0.2, 0) is 0 Å². The van der Waals surface area contributed by atoms with Gasteiger partial charge in [-0.1, -0.05) is 39.0 Å². The zero-order valence-corrected chi connectivity index (χ0v) is 20.0. The summed E-state index contributed by atoms with van der Waals surface area (Å²) in [5.41, 5.74) is 12.4. The third kappa shape index (κ3) is 3.50.